The quantitative estimate of drug-likeness (QED) is 0.850. The van der Waals surface area contributed by atoms with E-state index in [1.165, 1.54) is 6.33 Å². The van der Waals surface area contributed by atoms with Gasteiger partial charge in [0.25, 0.3) is 0 Å². The second-order valence-electron chi connectivity index (χ2n) is 5.39. The number of aromatic nitrogens is 2. The van der Waals surface area contributed by atoms with Gasteiger partial charge in [0.2, 0.25) is 0 Å². The zero-order valence-electron chi connectivity index (χ0n) is 11.2. The average molecular weight is 299 g/mol. The molecular formula is C13H19ClN4O2. The molecule has 0 radical (unpaired) electrons. The molecule has 0 spiro atoms. The molecule has 1 aromatic heterocycles. The van der Waals surface area contributed by atoms with Crippen LogP contribution >= 0.6 is 11.6 Å². The molecule has 1 aromatic rings. The number of anilines is 2. The van der Waals surface area contributed by atoms with Crippen LogP contribution in [0.15, 0.2) is 6.33 Å². The molecule has 2 saturated heterocycles. The lowest BCUT2D eigenvalue weighted by atomic mass is 9.89. The van der Waals surface area contributed by atoms with E-state index in [-0.39, 0.29) is 18.1 Å². The summed E-state index contributed by atoms with van der Waals surface area (Å²) in [5.74, 6) is 1.06. The zero-order valence-corrected chi connectivity index (χ0v) is 12.0. The molecule has 6 nitrogen and oxygen atoms in total. The summed E-state index contributed by atoms with van der Waals surface area (Å²) in [6, 6.07) is 0.192. The number of hydrogen-bond acceptors (Lipinski definition) is 6. The van der Waals surface area contributed by atoms with Crippen LogP contribution in [0.5, 0.6) is 0 Å². The third-order valence-electron chi connectivity index (χ3n) is 4.23. The molecule has 3 unspecified atom stereocenters. The molecule has 0 aliphatic carbocycles. The molecule has 0 amide bonds. The minimum absolute atomic E-state index is 0.0958. The Morgan fingerprint density at radius 1 is 1.40 bits per heavy atom. The number of rotatable bonds is 2. The largest absolute Gasteiger partial charge is 0.393 e. The zero-order chi connectivity index (χ0) is 14.1. The van der Waals surface area contributed by atoms with Crippen molar-refractivity contribution in [2.45, 2.75) is 31.4 Å². The standard InChI is InChI=1S/C13H19ClN4O2/c14-11-12(15)16-7-17-13(11)18-4-1-2-9(18)8-6-20-5-3-10(8)19/h7-10,19H,1-6H2,(H2,15,16,17). The van der Waals surface area contributed by atoms with Crippen molar-refractivity contribution in [2.24, 2.45) is 5.92 Å². The number of nitrogens with two attached hydrogens (primary N) is 1. The first kappa shape index (κ1) is 13.9. The third-order valence-corrected chi connectivity index (χ3v) is 4.59. The summed E-state index contributed by atoms with van der Waals surface area (Å²) in [4.78, 5) is 10.3. The van der Waals surface area contributed by atoms with Gasteiger partial charge in [-0.3, -0.25) is 0 Å². The lowest BCUT2D eigenvalue weighted by Crippen LogP contribution is -2.46. The first-order valence-electron chi connectivity index (χ1n) is 6.97. The molecule has 3 heterocycles. The number of aliphatic hydroxyl groups excluding tert-OH is 1. The molecule has 0 saturated carbocycles. The maximum atomic E-state index is 10.2. The maximum Gasteiger partial charge on any atom is 0.153 e. The fourth-order valence-corrected chi connectivity index (χ4v) is 3.40. The van der Waals surface area contributed by atoms with Gasteiger partial charge in [-0.15, -0.1) is 0 Å². The van der Waals surface area contributed by atoms with E-state index in [0.29, 0.717) is 36.3 Å². The highest BCUT2D eigenvalue weighted by Gasteiger charge is 2.38. The van der Waals surface area contributed by atoms with Crippen LogP contribution in [0.1, 0.15) is 19.3 Å². The van der Waals surface area contributed by atoms with Gasteiger partial charge in [0, 0.05) is 25.1 Å². The van der Waals surface area contributed by atoms with Crippen LogP contribution in [-0.4, -0.2) is 47.0 Å². The van der Waals surface area contributed by atoms with Crippen molar-refractivity contribution in [3.63, 3.8) is 0 Å². The van der Waals surface area contributed by atoms with E-state index >= 15 is 0 Å². The summed E-state index contributed by atoms with van der Waals surface area (Å²) in [7, 11) is 0. The van der Waals surface area contributed by atoms with Crippen LogP contribution in [0.4, 0.5) is 11.6 Å². The molecule has 0 bridgehead atoms. The SMILES string of the molecule is Nc1ncnc(N2CCCC2C2COCCC2O)c1Cl. The molecule has 3 N–H and O–H groups in total. The number of nitrogens with zero attached hydrogens (tertiary/aromatic N) is 3. The van der Waals surface area contributed by atoms with E-state index in [1.54, 1.807) is 0 Å². The van der Waals surface area contributed by atoms with Crippen LogP contribution in [-0.2, 0) is 4.74 Å². The van der Waals surface area contributed by atoms with E-state index in [2.05, 4.69) is 14.9 Å². The second kappa shape index (κ2) is 5.71. The highest BCUT2D eigenvalue weighted by atomic mass is 35.5. The van der Waals surface area contributed by atoms with Crippen molar-refractivity contribution in [1.82, 2.24) is 9.97 Å². The smallest absolute Gasteiger partial charge is 0.153 e. The molecule has 3 rings (SSSR count). The summed E-state index contributed by atoms with van der Waals surface area (Å²) in [6.07, 6.45) is 3.85. The summed E-state index contributed by atoms with van der Waals surface area (Å²) < 4.78 is 5.53. The van der Waals surface area contributed by atoms with Gasteiger partial charge in [0.1, 0.15) is 17.2 Å². The Morgan fingerprint density at radius 3 is 3.05 bits per heavy atom. The number of aliphatic hydroxyl groups is 1. The van der Waals surface area contributed by atoms with Crippen molar-refractivity contribution >= 4 is 23.2 Å². The van der Waals surface area contributed by atoms with Crippen molar-refractivity contribution in [1.29, 1.82) is 0 Å². The molecule has 2 aliphatic rings. The highest BCUT2D eigenvalue weighted by Crippen LogP contribution is 2.36. The predicted molar refractivity (Wildman–Crippen MR) is 76.8 cm³/mol. The van der Waals surface area contributed by atoms with Crippen molar-refractivity contribution < 1.29 is 9.84 Å². The molecule has 7 heteroatoms. The number of ether oxygens (including phenoxy) is 1. The molecule has 110 valence electrons. The highest BCUT2D eigenvalue weighted by molar-refractivity contribution is 6.35. The summed E-state index contributed by atoms with van der Waals surface area (Å²) in [5.41, 5.74) is 5.76. The van der Waals surface area contributed by atoms with E-state index in [4.69, 9.17) is 22.1 Å². The monoisotopic (exact) mass is 298 g/mol. The molecule has 0 aromatic carbocycles. The minimum Gasteiger partial charge on any atom is -0.393 e. The lowest BCUT2D eigenvalue weighted by Gasteiger charge is -2.37. The third kappa shape index (κ3) is 2.43. The van der Waals surface area contributed by atoms with Crippen LogP contribution < -0.4 is 10.6 Å². The first-order valence-corrected chi connectivity index (χ1v) is 7.34. The minimum atomic E-state index is -0.327. The van der Waals surface area contributed by atoms with Gasteiger partial charge in [-0.2, -0.15) is 0 Å². The summed E-state index contributed by atoms with van der Waals surface area (Å²) in [6.45, 7) is 2.08. The summed E-state index contributed by atoms with van der Waals surface area (Å²) >= 11 is 6.23. The fraction of sp³-hybridized carbons (Fsp3) is 0.692. The lowest BCUT2D eigenvalue weighted by molar-refractivity contribution is -0.0438. The topological polar surface area (TPSA) is 84.5 Å². The van der Waals surface area contributed by atoms with Crippen molar-refractivity contribution in [3.8, 4) is 0 Å². The Balaban J connectivity index is 1.86. The predicted octanol–water partition coefficient (Wildman–Crippen LogP) is 1.08. The second-order valence-corrected chi connectivity index (χ2v) is 5.77. The number of halogens is 1. The maximum absolute atomic E-state index is 10.2. The van der Waals surface area contributed by atoms with E-state index in [9.17, 15) is 5.11 Å². The van der Waals surface area contributed by atoms with Gasteiger partial charge in [-0.1, -0.05) is 11.6 Å². The van der Waals surface area contributed by atoms with Gasteiger partial charge in [0.05, 0.1) is 12.7 Å². The van der Waals surface area contributed by atoms with Gasteiger partial charge >= 0.3 is 0 Å². The number of hydrogen-bond donors (Lipinski definition) is 2. The molecule has 2 aliphatic heterocycles. The van der Waals surface area contributed by atoms with Crippen LogP contribution in [0.3, 0.4) is 0 Å². The molecule has 3 atom stereocenters. The van der Waals surface area contributed by atoms with Gasteiger partial charge in [0.15, 0.2) is 5.82 Å². The fourth-order valence-electron chi connectivity index (χ4n) is 3.19. The Labute approximate surface area is 122 Å². The molecule has 20 heavy (non-hydrogen) atoms. The van der Waals surface area contributed by atoms with Crippen LogP contribution in [0.2, 0.25) is 5.02 Å². The van der Waals surface area contributed by atoms with Crippen LogP contribution in [0.25, 0.3) is 0 Å². The first-order chi connectivity index (χ1) is 9.68. The Morgan fingerprint density at radius 2 is 2.25 bits per heavy atom. The Bertz CT molecular complexity index is 487. The molecular weight excluding hydrogens is 280 g/mol. The van der Waals surface area contributed by atoms with Crippen molar-refractivity contribution in [3.05, 3.63) is 11.3 Å². The average Bonchev–Trinajstić information content (AvgIpc) is 2.91. The Kier molecular flexibility index (Phi) is 3.96. The number of nitrogen functional groups attached to an aromatic ring is 1. The van der Waals surface area contributed by atoms with Crippen molar-refractivity contribution in [2.75, 3.05) is 30.4 Å². The van der Waals surface area contributed by atoms with E-state index in [0.717, 1.165) is 19.4 Å². The summed E-state index contributed by atoms with van der Waals surface area (Å²) in [5, 5.41) is 10.6. The van der Waals surface area contributed by atoms with E-state index < -0.39 is 0 Å². The molecule has 2 fully saturated rings. The van der Waals surface area contributed by atoms with E-state index in [1.807, 2.05) is 0 Å². The normalized spacial score (nSPS) is 30.7. The van der Waals surface area contributed by atoms with Gasteiger partial charge in [-0.25, -0.2) is 9.97 Å². The van der Waals surface area contributed by atoms with Gasteiger partial charge < -0.3 is 20.5 Å². The van der Waals surface area contributed by atoms with Crippen LogP contribution in [0, 0.1) is 5.92 Å². The van der Waals surface area contributed by atoms with Gasteiger partial charge in [-0.05, 0) is 19.3 Å². The Hall–Kier alpha value is -1.11.